The first-order valence-electron chi connectivity index (χ1n) is 13.3. The van der Waals surface area contributed by atoms with E-state index in [1.807, 2.05) is 36.4 Å². The summed E-state index contributed by atoms with van der Waals surface area (Å²) in [6.45, 7) is 8.03. The summed E-state index contributed by atoms with van der Waals surface area (Å²) in [5.74, 6) is 1.02. The van der Waals surface area contributed by atoms with Gasteiger partial charge in [0.15, 0.2) is 0 Å². The predicted octanol–water partition coefficient (Wildman–Crippen LogP) is 4.24. The Balaban J connectivity index is 1.37. The van der Waals surface area contributed by atoms with Crippen LogP contribution in [0.2, 0.25) is 0 Å². The Kier molecular flexibility index (Phi) is 8.02. The van der Waals surface area contributed by atoms with Crippen molar-refractivity contribution in [1.29, 1.82) is 0 Å². The van der Waals surface area contributed by atoms with Crippen LogP contribution in [-0.4, -0.2) is 72.9 Å². The van der Waals surface area contributed by atoms with Crippen molar-refractivity contribution in [2.75, 3.05) is 50.8 Å². The number of nitrogens with one attached hydrogen (secondary N) is 1. The van der Waals surface area contributed by atoms with Crippen LogP contribution in [0, 0.1) is 6.92 Å². The molecule has 5 rings (SSSR count). The molecule has 1 amide bonds. The molecule has 0 spiro atoms. The van der Waals surface area contributed by atoms with Gasteiger partial charge in [-0.2, -0.15) is 0 Å². The van der Waals surface area contributed by atoms with Crippen molar-refractivity contribution in [2.24, 2.45) is 0 Å². The van der Waals surface area contributed by atoms with Crippen molar-refractivity contribution in [3.63, 3.8) is 0 Å². The molecule has 194 valence electrons. The lowest BCUT2D eigenvalue weighted by atomic mass is 9.99. The Bertz CT molecular complexity index is 1160. The number of carbonyl (C=O) groups is 1. The van der Waals surface area contributed by atoms with E-state index >= 15 is 0 Å². The molecule has 1 atom stereocenters. The third kappa shape index (κ3) is 5.95. The lowest BCUT2D eigenvalue weighted by Crippen LogP contribution is -2.44. The van der Waals surface area contributed by atoms with Gasteiger partial charge >= 0.3 is 0 Å². The van der Waals surface area contributed by atoms with Crippen molar-refractivity contribution < 1.29 is 14.6 Å². The minimum Gasteiger partial charge on any atom is -0.507 e. The summed E-state index contributed by atoms with van der Waals surface area (Å²) in [5, 5.41) is 13.7. The van der Waals surface area contributed by atoms with Crippen molar-refractivity contribution in [2.45, 2.75) is 32.2 Å². The minimum atomic E-state index is -0.250. The van der Waals surface area contributed by atoms with E-state index in [0.717, 1.165) is 75.6 Å². The molecule has 7 nitrogen and oxygen atoms in total. The number of pyridine rings is 1. The number of morpholine rings is 1. The summed E-state index contributed by atoms with van der Waals surface area (Å²) >= 11 is 0. The van der Waals surface area contributed by atoms with Gasteiger partial charge in [0.05, 0.1) is 18.9 Å². The molecule has 0 bridgehead atoms. The highest BCUT2D eigenvalue weighted by Gasteiger charge is 2.32. The summed E-state index contributed by atoms with van der Waals surface area (Å²) in [6.07, 6.45) is 2.67. The maximum Gasteiger partial charge on any atom is 0.242 e. The maximum atomic E-state index is 13.2. The number of amides is 1. The van der Waals surface area contributed by atoms with E-state index in [4.69, 9.17) is 9.72 Å². The molecular weight excluding hydrogens is 464 g/mol. The van der Waals surface area contributed by atoms with Crippen LogP contribution in [0.1, 0.15) is 24.8 Å². The number of ether oxygens (including phenoxy) is 1. The Morgan fingerprint density at radius 2 is 1.81 bits per heavy atom. The molecule has 2 aliphatic rings. The van der Waals surface area contributed by atoms with E-state index in [1.54, 1.807) is 6.07 Å². The number of aryl methyl sites for hydroxylation is 1. The Labute approximate surface area is 219 Å². The molecule has 1 aromatic heterocycles. The highest BCUT2D eigenvalue weighted by atomic mass is 16.5. The molecule has 2 aromatic carbocycles. The summed E-state index contributed by atoms with van der Waals surface area (Å²) in [5.41, 5.74) is 4.69. The molecule has 2 aliphatic heterocycles. The van der Waals surface area contributed by atoms with E-state index in [9.17, 15) is 9.90 Å². The standard InChI is InChI=1S/C30H36N4O3/c1-22-8-2-3-9-24(22)23-20-26(25-10-4-5-12-28(25)35)32-29(21-23)34-15-6-11-27(34)30(36)31-13-7-14-33-16-18-37-19-17-33/h2-5,8-10,12,20-21,27,35H,6-7,11,13-19H2,1H3,(H,31,36)/t27-/m0/s1. The zero-order valence-corrected chi connectivity index (χ0v) is 21.5. The first kappa shape index (κ1) is 25.2. The average molecular weight is 501 g/mol. The van der Waals surface area contributed by atoms with Crippen LogP contribution in [-0.2, 0) is 9.53 Å². The number of carbonyl (C=O) groups excluding carboxylic acids is 1. The third-order valence-electron chi connectivity index (χ3n) is 7.35. The number of phenolic OH excluding ortho intramolecular Hbond substituents is 1. The van der Waals surface area contributed by atoms with Crippen LogP contribution in [0.4, 0.5) is 5.82 Å². The Morgan fingerprint density at radius 3 is 2.59 bits per heavy atom. The van der Waals surface area contributed by atoms with Gasteiger partial charge in [-0.15, -0.1) is 0 Å². The summed E-state index contributed by atoms with van der Waals surface area (Å²) in [4.78, 5) is 22.7. The Hall–Kier alpha value is -3.42. The zero-order chi connectivity index (χ0) is 25.6. The van der Waals surface area contributed by atoms with Crippen LogP contribution in [0.15, 0.2) is 60.7 Å². The number of benzene rings is 2. The summed E-state index contributed by atoms with van der Waals surface area (Å²) in [6, 6.07) is 19.4. The maximum absolute atomic E-state index is 13.2. The number of aromatic hydroxyl groups is 1. The van der Waals surface area contributed by atoms with E-state index in [1.165, 1.54) is 5.56 Å². The fraction of sp³-hybridized carbons (Fsp3) is 0.400. The monoisotopic (exact) mass is 500 g/mol. The number of anilines is 1. The molecule has 2 saturated heterocycles. The quantitative estimate of drug-likeness (QED) is 0.451. The van der Waals surface area contributed by atoms with Gasteiger partial charge in [-0.05, 0) is 73.7 Å². The highest BCUT2D eigenvalue weighted by Crippen LogP contribution is 2.36. The van der Waals surface area contributed by atoms with E-state index in [-0.39, 0.29) is 17.7 Å². The molecule has 37 heavy (non-hydrogen) atoms. The largest absolute Gasteiger partial charge is 0.507 e. The molecule has 0 radical (unpaired) electrons. The SMILES string of the molecule is Cc1ccccc1-c1cc(-c2ccccc2O)nc(N2CCC[C@H]2C(=O)NCCCN2CCOCC2)c1. The minimum absolute atomic E-state index is 0.0617. The van der Waals surface area contributed by atoms with Crippen molar-refractivity contribution in [1.82, 2.24) is 15.2 Å². The van der Waals surface area contributed by atoms with Crippen molar-refractivity contribution in [3.8, 4) is 28.1 Å². The van der Waals surface area contributed by atoms with Crippen LogP contribution < -0.4 is 10.2 Å². The molecular formula is C30H36N4O3. The molecule has 2 fully saturated rings. The van der Waals surface area contributed by atoms with Gasteiger partial charge in [-0.3, -0.25) is 9.69 Å². The molecule has 0 aliphatic carbocycles. The number of para-hydroxylation sites is 1. The van der Waals surface area contributed by atoms with Gasteiger partial charge in [0.25, 0.3) is 0 Å². The first-order valence-corrected chi connectivity index (χ1v) is 13.3. The fourth-order valence-electron chi connectivity index (χ4n) is 5.31. The molecule has 0 saturated carbocycles. The predicted molar refractivity (Wildman–Crippen MR) is 147 cm³/mol. The second-order valence-electron chi connectivity index (χ2n) is 9.88. The highest BCUT2D eigenvalue weighted by molar-refractivity contribution is 5.86. The number of nitrogens with zero attached hydrogens (tertiary/aromatic N) is 3. The van der Waals surface area contributed by atoms with E-state index in [0.29, 0.717) is 17.8 Å². The number of rotatable bonds is 8. The average Bonchev–Trinajstić information content (AvgIpc) is 3.42. The smallest absolute Gasteiger partial charge is 0.242 e. The summed E-state index contributed by atoms with van der Waals surface area (Å²) < 4.78 is 5.42. The van der Waals surface area contributed by atoms with Gasteiger partial charge < -0.3 is 20.1 Å². The third-order valence-corrected chi connectivity index (χ3v) is 7.35. The topological polar surface area (TPSA) is 77.9 Å². The summed E-state index contributed by atoms with van der Waals surface area (Å²) in [7, 11) is 0. The number of hydrogen-bond acceptors (Lipinski definition) is 6. The van der Waals surface area contributed by atoms with Crippen LogP contribution in [0.5, 0.6) is 5.75 Å². The molecule has 2 N–H and O–H groups in total. The van der Waals surface area contributed by atoms with Gasteiger partial charge in [0, 0.05) is 31.7 Å². The second-order valence-corrected chi connectivity index (χ2v) is 9.88. The van der Waals surface area contributed by atoms with Crippen LogP contribution in [0.25, 0.3) is 22.4 Å². The van der Waals surface area contributed by atoms with Gasteiger partial charge in [-0.1, -0.05) is 36.4 Å². The fourth-order valence-corrected chi connectivity index (χ4v) is 5.31. The second kappa shape index (κ2) is 11.8. The van der Waals surface area contributed by atoms with Gasteiger partial charge in [-0.25, -0.2) is 4.98 Å². The number of aromatic nitrogens is 1. The van der Waals surface area contributed by atoms with Gasteiger partial charge in [0.1, 0.15) is 17.6 Å². The molecule has 3 aromatic rings. The lowest BCUT2D eigenvalue weighted by molar-refractivity contribution is -0.122. The molecule has 7 heteroatoms. The van der Waals surface area contributed by atoms with E-state index in [2.05, 4.69) is 40.2 Å². The number of hydrogen-bond donors (Lipinski definition) is 2. The molecule has 0 unspecified atom stereocenters. The van der Waals surface area contributed by atoms with Crippen molar-refractivity contribution >= 4 is 11.7 Å². The lowest BCUT2D eigenvalue weighted by Gasteiger charge is -2.27. The molecule has 3 heterocycles. The normalized spacial score (nSPS) is 18.2. The first-order chi connectivity index (χ1) is 18.1. The van der Waals surface area contributed by atoms with Crippen molar-refractivity contribution in [3.05, 3.63) is 66.2 Å². The number of phenols is 1. The van der Waals surface area contributed by atoms with Crippen LogP contribution in [0.3, 0.4) is 0 Å². The zero-order valence-electron chi connectivity index (χ0n) is 21.5. The van der Waals surface area contributed by atoms with E-state index < -0.39 is 0 Å². The van der Waals surface area contributed by atoms with Crippen LogP contribution >= 0.6 is 0 Å². The van der Waals surface area contributed by atoms with Gasteiger partial charge in [0.2, 0.25) is 5.91 Å². The Morgan fingerprint density at radius 1 is 1.05 bits per heavy atom.